The van der Waals surface area contributed by atoms with Crippen LogP contribution in [0.1, 0.15) is 5.56 Å². The highest BCUT2D eigenvalue weighted by Crippen LogP contribution is 2.23. The van der Waals surface area contributed by atoms with Crippen molar-refractivity contribution in [1.29, 1.82) is 0 Å². The number of thioether (sulfide) groups is 1. The van der Waals surface area contributed by atoms with E-state index in [0.29, 0.717) is 21.5 Å². The Bertz CT molecular complexity index is 496. The molecule has 88 valence electrons. The van der Waals surface area contributed by atoms with Gasteiger partial charge in [-0.2, -0.15) is 5.10 Å². The summed E-state index contributed by atoms with van der Waals surface area (Å²) in [5, 5.41) is 20.5. The predicted octanol–water partition coefficient (Wildman–Crippen LogP) is 1.60. The molecule has 1 fully saturated rings. The van der Waals surface area contributed by atoms with Crippen molar-refractivity contribution in [3.8, 4) is 5.75 Å². The summed E-state index contributed by atoms with van der Waals surface area (Å²) in [6, 6.07) is 4.78. The molecule has 0 bridgehead atoms. The zero-order chi connectivity index (χ0) is 12.3. The van der Waals surface area contributed by atoms with Gasteiger partial charge in [-0.05, 0) is 12.1 Å². The molecule has 0 atom stereocenters. The number of halogens is 1. The number of amidine groups is 1. The Labute approximate surface area is 107 Å². The number of rotatable bonds is 2. The van der Waals surface area contributed by atoms with Crippen LogP contribution >= 0.6 is 23.4 Å². The minimum atomic E-state index is -0.0930. The topological polar surface area (TPSA) is 74.0 Å². The van der Waals surface area contributed by atoms with Gasteiger partial charge in [0.1, 0.15) is 5.75 Å². The first-order valence-corrected chi connectivity index (χ1v) is 6.04. The lowest BCUT2D eigenvalue weighted by molar-refractivity contribution is -0.116. The fraction of sp³-hybridized carbons (Fsp3) is 0.100. The molecule has 2 N–H and O–H groups in total. The molecule has 1 heterocycles. The number of benzene rings is 1. The fourth-order valence-corrected chi connectivity index (χ4v) is 2.02. The number of aromatic hydroxyl groups is 1. The van der Waals surface area contributed by atoms with Crippen LogP contribution in [0.15, 0.2) is 28.4 Å². The van der Waals surface area contributed by atoms with E-state index in [2.05, 4.69) is 15.5 Å². The molecule has 0 aliphatic carbocycles. The largest absolute Gasteiger partial charge is 0.507 e. The van der Waals surface area contributed by atoms with E-state index in [0.717, 1.165) is 0 Å². The zero-order valence-electron chi connectivity index (χ0n) is 8.55. The van der Waals surface area contributed by atoms with Crippen molar-refractivity contribution in [1.82, 2.24) is 5.32 Å². The number of nitrogens with zero attached hydrogens (tertiary/aromatic N) is 2. The molecule has 0 aromatic heterocycles. The van der Waals surface area contributed by atoms with Crippen molar-refractivity contribution in [2.24, 2.45) is 10.2 Å². The first kappa shape index (κ1) is 11.9. The molecular weight excluding hydrogens is 262 g/mol. The number of phenolic OH excluding ortho intramolecular Hbond substituents is 1. The average molecular weight is 270 g/mol. The zero-order valence-corrected chi connectivity index (χ0v) is 10.1. The first-order chi connectivity index (χ1) is 8.16. The van der Waals surface area contributed by atoms with Gasteiger partial charge in [0, 0.05) is 0 Å². The van der Waals surface area contributed by atoms with Gasteiger partial charge < -0.3 is 10.4 Å². The lowest BCUT2D eigenvalue weighted by atomic mass is 10.2. The second kappa shape index (κ2) is 5.20. The van der Waals surface area contributed by atoms with E-state index in [1.807, 2.05) is 0 Å². The van der Waals surface area contributed by atoms with Crippen LogP contribution in [0.4, 0.5) is 0 Å². The van der Waals surface area contributed by atoms with Gasteiger partial charge in [0.2, 0.25) is 5.91 Å². The number of carbonyl (C=O) groups is 1. The second-order valence-corrected chi connectivity index (χ2v) is 4.53. The smallest absolute Gasteiger partial charge is 0.236 e. The Hall–Kier alpha value is -1.53. The molecule has 1 saturated heterocycles. The summed E-state index contributed by atoms with van der Waals surface area (Å²) in [7, 11) is 0. The second-order valence-electron chi connectivity index (χ2n) is 3.16. The molecule has 1 aliphatic heterocycles. The first-order valence-electron chi connectivity index (χ1n) is 4.68. The summed E-state index contributed by atoms with van der Waals surface area (Å²) in [6.45, 7) is 0. The van der Waals surface area contributed by atoms with Crippen LogP contribution in [0.2, 0.25) is 5.02 Å². The van der Waals surface area contributed by atoms with E-state index < -0.39 is 0 Å². The maximum absolute atomic E-state index is 10.9. The van der Waals surface area contributed by atoms with Crippen molar-refractivity contribution >= 4 is 40.7 Å². The monoisotopic (exact) mass is 269 g/mol. The lowest BCUT2D eigenvalue weighted by Gasteiger charge is -1.99. The Balaban J connectivity index is 2.13. The van der Waals surface area contributed by atoms with E-state index >= 15 is 0 Å². The van der Waals surface area contributed by atoms with Crippen LogP contribution in [0.5, 0.6) is 5.75 Å². The van der Waals surface area contributed by atoms with Crippen LogP contribution in [0, 0.1) is 0 Å². The molecule has 1 aliphatic rings. The third kappa shape index (κ3) is 2.98. The number of phenols is 1. The van der Waals surface area contributed by atoms with Gasteiger partial charge >= 0.3 is 0 Å². The minimum Gasteiger partial charge on any atom is -0.507 e. The summed E-state index contributed by atoms with van der Waals surface area (Å²) in [6.07, 6.45) is 1.34. The molecule has 7 heteroatoms. The SMILES string of the molecule is O=C1CSC(=NN=Cc2c(O)cccc2Cl)N1. The molecule has 0 radical (unpaired) electrons. The van der Waals surface area contributed by atoms with E-state index in [9.17, 15) is 9.90 Å². The van der Waals surface area contributed by atoms with E-state index in [-0.39, 0.29) is 11.7 Å². The number of nitrogens with one attached hydrogen (secondary N) is 1. The Morgan fingerprint density at radius 2 is 2.35 bits per heavy atom. The highest BCUT2D eigenvalue weighted by atomic mass is 35.5. The molecule has 0 unspecified atom stereocenters. The maximum atomic E-state index is 10.9. The Morgan fingerprint density at radius 1 is 1.53 bits per heavy atom. The summed E-state index contributed by atoms with van der Waals surface area (Å²) >= 11 is 7.15. The van der Waals surface area contributed by atoms with Crippen molar-refractivity contribution in [2.75, 3.05) is 5.75 Å². The number of amides is 1. The van der Waals surface area contributed by atoms with Crippen LogP contribution in [-0.2, 0) is 4.79 Å². The summed E-state index contributed by atoms with van der Waals surface area (Å²) < 4.78 is 0. The molecule has 0 spiro atoms. The van der Waals surface area contributed by atoms with E-state index in [1.165, 1.54) is 24.0 Å². The minimum absolute atomic E-state index is 0.0320. The normalized spacial score (nSPS) is 17.9. The predicted molar refractivity (Wildman–Crippen MR) is 68.7 cm³/mol. The fourth-order valence-electron chi connectivity index (χ4n) is 1.17. The van der Waals surface area contributed by atoms with Crippen LogP contribution in [0.25, 0.3) is 0 Å². The van der Waals surface area contributed by atoms with Gasteiger partial charge in [-0.15, -0.1) is 5.10 Å². The molecule has 1 aromatic carbocycles. The van der Waals surface area contributed by atoms with Gasteiger partial charge in [0.05, 0.1) is 22.6 Å². The van der Waals surface area contributed by atoms with Crippen molar-refractivity contribution in [3.63, 3.8) is 0 Å². The highest BCUT2D eigenvalue weighted by molar-refractivity contribution is 8.15. The molecular formula is C10H8ClN3O2S. The van der Waals surface area contributed by atoms with Crippen LogP contribution in [-0.4, -0.2) is 28.1 Å². The average Bonchev–Trinajstić information content (AvgIpc) is 2.69. The van der Waals surface area contributed by atoms with Gasteiger partial charge in [-0.3, -0.25) is 4.79 Å². The molecule has 1 aromatic rings. The van der Waals surface area contributed by atoms with Crippen molar-refractivity contribution < 1.29 is 9.90 Å². The maximum Gasteiger partial charge on any atom is 0.236 e. The third-order valence-corrected chi connectivity index (χ3v) is 3.14. The number of hydrogen-bond acceptors (Lipinski definition) is 5. The van der Waals surface area contributed by atoms with Crippen molar-refractivity contribution in [3.05, 3.63) is 28.8 Å². The molecule has 0 saturated carbocycles. The third-order valence-electron chi connectivity index (χ3n) is 1.95. The van der Waals surface area contributed by atoms with Gasteiger partial charge in [-0.25, -0.2) is 0 Å². The van der Waals surface area contributed by atoms with Gasteiger partial charge in [0.15, 0.2) is 5.17 Å². The van der Waals surface area contributed by atoms with E-state index in [4.69, 9.17) is 11.6 Å². The molecule has 1 amide bonds. The standard InChI is InChI=1S/C10H8ClN3O2S/c11-7-2-1-3-8(15)6(7)4-12-14-10-13-9(16)5-17-10/h1-4,15H,5H2,(H,13,14,16). The van der Waals surface area contributed by atoms with Crippen LogP contribution in [0.3, 0.4) is 0 Å². The van der Waals surface area contributed by atoms with Gasteiger partial charge in [-0.1, -0.05) is 29.4 Å². The summed E-state index contributed by atoms with van der Waals surface area (Å²) in [4.78, 5) is 10.9. The summed E-state index contributed by atoms with van der Waals surface area (Å²) in [5.74, 6) is 0.292. The van der Waals surface area contributed by atoms with Crippen molar-refractivity contribution in [2.45, 2.75) is 0 Å². The Kier molecular flexibility index (Phi) is 3.65. The molecule has 5 nitrogen and oxygen atoms in total. The quantitative estimate of drug-likeness (QED) is 0.633. The highest BCUT2D eigenvalue weighted by Gasteiger charge is 2.15. The van der Waals surface area contributed by atoms with Crippen LogP contribution < -0.4 is 5.32 Å². The summed E-state index contributed by atoms with van der Waals surface area (Å²) in [5.41, 5.74) is 0.396. The molecule has 2 rings (SSSR count). The Morgan fingerprint density at radius 3 is 3.00 bits per heavy atom. The molecule has 17 heavy (non-hydrogen) atoms. The number of carbonyl (C=O) groups excluding carboxylic acids is 1. The van der Waals surface area contributed by atoms with Gasteiger partial charge in [0.25, 0.3) is 0 Å². The lowest BCUT2D eigenvalue weighted by Crippen LogP contribution is -2.19. The number of hydrogen-bond donors (Lipinski definition) is 2. The van der Waals surface area contributed by atoms with E-state index in [1.54, 1.807) is 12.1 Å².